The zero-order valence-corrected chi connectivity index (χ0v) is 22.7. The number of carbonyl (C=O) groups excluding carboxylic acids is 1. The largest absolute Gasteiger partial charge is 0.488 e. The molecule has 0 aliphatic heterocycles. The third-order valence-electron chi connectivity index (χ3n) is 6.72. The van der Waals surface area contributed by atoms with E-state index in [0.29, 0.717) is 31.1 Å². The van der Waals surface area contributed by atoms with Crippen LogP contribution in [-0.2, 0) is 11.3 Å². The molecule has 0 unspecified atom stereocenters. The molecule has 0 spiro atoms. The number of benzene rings is 3. The molecule has 0 atom stereocenters. The van der Waals surface area contributed by atoms with Crippen LogP contribution in [-0.4, -0.2) is 25.7 Å². The number of hydrogen-bond acceptors (Lipinski definition) is 3. The summed E-state index contributed by atoms with van der Waals surface area (Å²) in [6.45, 7) is 4.76. The Bertz CT molecular complexity index is 1030. The van der Waals surface area contributed by atoms with Crippen molar-refractivity contribution in [1.82, 2.24) is 5.32 Å². The number of rotatable bonds is 19. The number of nitrogens with one attached hydrogen (secondary N) is 1. The summed E-state index contributed by atoms with van der Waals surface area (Å²) < 4.78 is 11.9. The maximum absolute atomic E-state index is 13.0. The van der Waals surface area contributed by atoms with E-state index in [1.165, 1.54) is 57.8 Å². The lowest BCUT2D eigenvalue weighted by atomic mass is 10.1. The molecule has 0 heterocycles. The second kappa shape index (κ2) is 17.6. The third kappa shape index (κ3) is 11.0. The lowest BCUT2D eigenvalue weighted by Crippen LogP contribution is -2.26. The Morgan fingerprint density at radius 1 is 0.703 bits per heavy atom. The second-order valence-electron chi connectivity index (χ2n) is 9.87. The Labute approximate surface area is 223 Å². The fourth-order valence-corrected chi connectivity index (χ4v) is 4.52. The number of fused-ring (bicyclic) bond motifs is 1. The van der Waals surface area contributed by atoms with Crippen LogP contribution >= 0.6 is 0 Å². The van der Waals surface area contributed by atoms with Gasteiger partial charge in [-0.3, -0.25) is 4.79 Å². The van der Waals surface area contributed by atoms with Crippen molar-refractivity contribution in [3.63, 3.8) is 0 Å². The molecule has 4 heteroatoms. The summed E-state index contributed by atoms with van der Waals surface area (Å²) in [4.78, 5) is 13.0. The van der Waals surface area contributed by atoms with Crippen LogP contribution in [0.15, 0.2) is 66.7 Å². The molecule has 3 aromatic carbocycles. The van der Waals surface area contributed by atoms with Gasteiger partial charge in [-0.05, 0) is 41.3 Å². The first-order valence-corrected chi connectivity index (χ1v) is 14.3. The van der Waals surface area contributed by atoms with Crippen LogP contribution in [0.25, 0.3) is 10.8 Å². The van der Waals surface area contributed by atoms with Crippen molar-refractivity contribution >= 4 is 16.7 Å². The molecule has 0 aliphatic rings. The SMILES string of the molecule is CCCCCCCCCCCCOCCCNC(=O)c1cc2ccccc2cc1OCc1ccccc1. The Hall–Kier alpha value is -2.85. The minimum atomic E-state index is -0.108. The third-order valence-corrected chi connectivity index (χ3v) is 6.72. The van der Waals surface area contributed by atoms with Crippen molar-refractivity contribution in [2.24, 2.45) is 0 Å². The van der Waals surface area contributed by atoms with Gasteiger partial charge in [0.1, 0.15) is 12.4 Å². The molecule has 1 amide bonds. The van der Waals surface area contributed by atoms with Crippen molar-refractivity contribution in [3.8, 4) is 5.75 Å². The van der Waals surface area contributed by atoms with Crippen LogP contribution in [0, 0.1) is 0 Å². The lowest BCUT2D eigenvalue weighted by Gasteiger charge is -2.14. The molecule has 0 radical (unpaired) electrons. The monoisotopic (exact) mass is 503 g/mol. The lowest BCUT2D eigenvalue weighted by molar-refractivity contribution is 0.0935. The van der Waals surface area contributed by atoms with Gasteiger partial charge >= 0.3 is 0 Å². The highest BCUT2D eigenvalue weighted by Crippen LogP contribution is 2.27. The van der Waals surface area contributed by atoms with Gasteiger partial charge in [0.15, 0.2) is 0 Å². The van der Waals surface area contributed by atoms with Crippen molar-refractivity contribution in [1.29, 1.82) is 0 Å². The fraction of sp³-hybridized carbons (Fsp3) is 0.485. The minimum absolute atomic E-state index is 0.108. The average molecular weight is 504 g/mol. The first kappa shape index (κ1) is 28.7. The topological polar surface area (TPSA) is 47.6 Å². The summed E-state index contributed by atoms with van der Waals surface area (Å²) in [6, 6.07) is 21.9. The van der Waals surface area contributed by atoms with Gasteiger partial charge in [0.25, 0.3) is 5.91 Å². The number of amides is 1. The van der Waals surface area contributed by atoms with E-state index in [0.717, 1.165) is 35.8 Å². The molecule has 0 saturated carbocycles. The van der Waals surface area contributed by atoms with E-state index in [1.54, 1.807) is 0 Å². The Kier molecular flexibility index (Phi) is 13.6. The van der Waals surface area contributed by atoms with Crippen molar-refractivity contribution in [2.45, 2.75) is 84.2 Å². The Morgan fingerprint density at radius 3 is 2.00 bits per heavy atom. The van der Waals surface area contributed by atoms with E-state index in [-0.39, 0.29) is 5.91 Å². The summed E-state index contributed by atoms with van der Waals surface area (Å²) in [5, 5.41) is 5.13. The van der Waals surface area contributed by atoms with Crippen molar-refractivity contribution in [3.05, 3.63) is 77.9 Å². The van der Waals surface area contributed by atoms with E-state index in [9.17, 15) is 4.79 Å². The predicted molar refractivity (Wildman–Crippen MR) is 154 cm³/mol. The standard InChI is InChI=1S/C33H45NO3/c1-2-3-4-5-6-7-8-9-10-16-23-36-24-17-22-34-33(35)31-25-29-20-14-15-21-30(29)26-32(31)37-27-28-18-12-11-13-19-28/h11-15,18-21,25-26H,2-10,16-17,22-24,27H2,1H3,(H,34,35). The summed E-state index contributed by atoms with van der Waals surface area (Å²) in [5.41, 5.74) is 1.64. The molecule has 0 aromatic heterocycles. The fourth-order valence-electron chi connectivity index (χ4n) is 4.52. The van der Waals surface area contributed by atoms with E-state index >= 15 is 0 Å². The van der Waals surface area contributed by atoms with Crippen molar-refractivity contribution < 1.29 is 14.3 Å². The zero-order valence-electron chi connectivity index (χ0n) is 22.7. The maximum Gasteiger partial charge on any atom is 0.255 e. The zero-order chi connectivity index (χ0) is 26.0. The van der Waals surface area contributed by atoms with Gasteiger partial charge in [-0.2, -0.15) is 0 Å². The van der Waals surface area contributed by atoms with Gasteiger partial charge < -0.3 is 14.8 Å². The van der Waals surface area contributed by atoms with Gasteiger partial charge in [-0.25, -0.2) is 0 Å². The summed E-state index contributed by atoms with van der Waals surface area (Å²) >= 11 is 0. The minimum Gasteiger partial charge on any atom is -0.488 e. The average Bonchev–Trinajstić information content (AvgIpc) is 2.94. The summed E-state index contributed by atoms with van der Waals surface area (Å²) in [7, 11) is 0. The smallest absolute Gasteiger partial charge is 0.255 e. The highest BCUT2D eigenvalue weighted by atomic mass is 16.5. The number of hydrogen-bond donors (Lipinski definition) is 1. The summed E-state index contributed by atoms with van der Waals surface area (Å²) in [5.74, 6) is 0.501. The molecule has 0 bridgehead atoms. The normalized spacial score (nSPS) is 11.1. The van der Waals surface area contributed by atoms with Gasteiger partial charge in [-0.1, -0.05) is 119 Å². The Balaban J connectivity index is 1.33. The quantitative estimate of drug-likeness (QED) is 0.167. The van der Waals surface area contributed by atoms with Crippen LogP contribution in [0.5, 0.6) is 5.75 Å². The number of carbonyl (C=O) groups is 1. The summed E-state index contributed by atoms with van der Waals surface area (Å²) in [6.07, 6.45) is 14.1. The highest BCUT2D eigenvalue weighted by Gasteiger charge is 2.14. The first-order chi connectivity index (χ1) is 18.3. The molecular weight excluding hydrogens is 458 g/mol. The first-order valence-electron chi connectivity index (χ1n) is 14.3. The van der Waals surface area contributed by atoms with Gasteiger partial charge in [-0.15, -0.1) is 0 Å². The van der Waals surface area contributed by atoms with E-state index in [4.69, 9.17) is 9.47 Å². The van der Waals surface area contributed by atoms with Crippen LogP contribution in [0.1, 0.15) is 93.5 Å². The molecule has 0 aliphatic carbocycles. The van der Waals surface area contributed by atoms with Crippen LogP contribution in [0.3, 0.4) is 0 Å². The van der Waals surface area contributed by atoms with Gasteiger partial charge in [0.05, 0.1) is 5.56 Å². The molecule has 0 fully saturated rings. The molecule has 37 heavy (non-hydrogen) atoms. The molecular formula is C33H45NO3. The van der Waals surface area contributed by atoms with Crippen LogP contribution in [0.4, 0.5) is 0 Å². The van der Waals surface area contributed by atoms with E-state index < -0.39 is 0 Å². The molecule has 3 rings (SSSR count). The number of unbranched alkanes of at least 4 members (excludes halogenated alkanes) is 9. The van der Waals surface area contributed by atoms with Crippen molar-refractivity contribution in [2.75, 3.05) is 19.8 Å². The van der Waals surface area contributed by atoms with Crippen LogP contribution < -0.4 is 10.1 Å². The van der Waals surface area contributed by atoms with E-state index in [2.05, 4.69) is 12.2 Å². The Morgan fingerprint density at radius 2 is 1.30 bits per heavy atom. The molecule has 0 saturated heterocycles. The molecule has 200 valence electrons. The van der Waals surface area contributed by atoms with E-state index in [1.807, 2.05) is 66.7 Å². The maximum atomic E-state index is 13.0. The molecule has 1 N–H and O–H groups in total. The van der Waals surface area contributed by atoms with Gasteiger partial charge in [0, 0.05) is 19.8 Å². The predicted octanol–water partition coefficient (Wildman–Crippen LogP) is 8.48. The molecule has 4 nitrogen and oxygen atoms in total. The van der Waals surface area contributed by atoms with Gasteiger partial charge in [0.2, 0.25) is 0 Å². The molecule has 3 aromatic rings. The second-order valence-corrected chi connectivity index (χ2v) is 9.87. The highest BCUT2D eigenvalue weighted by molar-refractivity contribution is 6.01. The van der Waals surface area contributed by atoms with Crippen LogP contribution in [0.2, 0.25) is 0 Å². The number of ether oxygens (including phenoxy) is 2.